The predicted octanol–water partition coefficient (Wildman–Crippen LogP) is -2.38. The Kier molecular flexibility index (Phi) is 7.81. The Bertz CT molecular complexity index is 296. The molecule has 1 amide bonds. The lowest BCUT2D eigenvalue weighted by atomic mass is 10.00. The molecule has 1 aliphatic heterocycles. The monoisotopic (exact) mass is 341 g/mol. The van der Waals surface area contributed by atoms with Gasteiger partial charge in [0.15, 0.2) is 6.29 Å². The van der Waals surface area contributed by atoms with Gasteiger partial charge in [-0.2, -0.15) is 0 Å². The third kappa shape index (κ3) is 5.94. The summed E-state index contributed by atoms with van der Waals surface area (Å²) in [5, 5.41) is 44.7. The van der Waals surface area contributed by atoms with Crippen molar-refractivity contribution in [2.45, 2.75) is 34.5 Å². The Labute approximate surface area is 123 Å². The van der Waals surface area contributed by atoms with Gasteiger partial charge in [0.25, 0.3) is 9.70 Å². The summed E-state index contributed by atoms with van der Waals surface area (Å²) in [4.78, 5) is 9.85. The van der Waals surface area contributed by atoms with Gasteiger partial charge >= 0.3 is 0 Å². The number of ether oxygens (including phenoxy) is 1. The van der Waals surface area contributed by atoms with E-state index in [9.17, 15) is 4.79 Å². The molecule has 11 heteroatoms. The Morgan fingerprint density at radius 2 is 1.53 bits per heavy atom. The molecule has 1 unspecified atom stereocenters. The van der Waals surface area contributed by atoms with Gasteiger partial charge in [0.1, 0.15) is 24.4 Å². The van der Waals surface area contributed by atoms with Gasteiger partial charge in [-0.25, -0.2) is 0 Å². The molecule has 8 nitrogen and oxygen atoms in total. The van der Waals surface area contributed by atoms with E-state index < -0.39 is 47.0 Å². The first kappa shape index (κ1) is 19.1. The number of primary amides is 1. The smallest absolute Gasteiger partial charge is 0.269 e. The number of alkyl halides is 3. The van der Waals surface area contributed by atoms with Gasteiger partial charge in [0, 0.05) is 0 Å². The van der Waals surface area contributed by atoms with Gasteiger partial charge in [-0.3, -0.25) is 4.79 Å². The number of hydrogen-bond donors (Lipinski definition) is 6. The zero-order valence-corrected chi connectivity index (χ0v) is 11.6. The van der Waals surface area contributed by atoms with Crippen LogP contribution in [-0.4, -0.2) is 72.5 Å². The van der Waals surface area contributed by atoms with Crippen molar-refractivity contribution in [2.75, 3.05) is 6.61 Å². The quantitative estimate of drug-likeness (QED) is 0.291. The van der Waals surface area contributed by atoms with Crippen LogP contribution in [0, 0.1) is 0 Å². The number of amides is 1. The summed E-state index contributed by atoms with van der Waals surface area (Å²) < 4.78 is 2.63. The first-order valence-electron chi connectivity index (χ1n) is 4.87. The van der Waals surface area contributed by atoms with Gasteiger partial charge in [0.05, 0.1) is 6.61 Å². The number of halogens is 3. The van der Waals surface area contributed by atoms with Gasteiger partial charge < -0.3 is 36.0 Å². The lowest BCUT2D eigenvalue weighted by Gasteiger charge is -2.37. The van der Waals surface area contributed by atoms with E-state index in [-0.39, 0.29) is 0 Å². The van der Waals surface area contributed by atoms with E-state index in [1.807, 2.05) is 0 Å². The molecule has 0 bridgehead atoms. The molecule has 19 heavy (non-hydrogen) atoms. The van der Waals surface area contributed by atoms with Crippen LogP contribution in [0.4, 0.5) is 0 Å². The van der Waals surface area contributed by atoms with Gasteiger partial charge in [-0.1, -0.05) is 34.8 Å². The molecular weight excluding hydrogens is 328 g/mol. The molecule has 114 valence electrons. The van der Waals surface area contributed by atoms with E-state index >= 15 is 0 Å². The van der Waals surface area contributed by atoms with Crippen molar-refractivity contribution < 1.29 is 35.1 Å². The molecule has 0 spiro atoms. The SMILES string of the molecule is NC(=O)C(Cl)(Cl)Cl.OC[C@H]1OC(O)[C@@H](O)[C@@H](O)[C@@H]1O. The maximum atomic E-state index is 9.85. The highest BCUT2D eigenvalue weighted by atomic mass is 35.6. The molecule has 1 rings (SSSR count). The van der Waals surface area contributed by atoms with Crippen molar-refractivity contribution in [3.05, 3.63) is 0 Å². The molecule has 0 aromatic rings. The lowest BCUT2D eigenvalue weighted by molar-refractivity contribution is -0.286. The van der Waals surface area contributed by atoms with Crippen molar-refractivity contribution in [2.24, 2.45) is 5.73 Å². The van der Waals surface area contributed by atoms with E-state index in [0.717, 1.165) is 0 Å². The summed E-state index contributed by atoms with van der Waals surface area (Å²) in [7, 11) is 0. The van der Waals surface area contributed by atoms with Gasteiger partial charge in [0.2, 0.25) is 0 Å². The number of carbonyl (C=O) groups excluding carboxylic acids is 1. The molecule has 1 aliphatic rings. The van der Waals surface area contributed by atoms with Crippen LogP contribution in [0.3, 0.4) is 0 Å². The maximum absolute atomic E-state index is 9.85. The van der Waals surface area contributed by atoms with Crippen LogP contribution in [0.1, 0.15) is 0 Å². The Morgan fingerprint density at radius 1 is 1.11 bits per heavy atom. The molecule has 0 radical (unpaired) electrons. The largest absolute Gasteiger partial charge is 0.394 e. The minimum Gasteiger partial charge on any atom is -0.394 e. The average molecular weight is 343 g/mol. The molecule has 1 fully saturated rings. The van der Waals surface area contributed by atoms with Crippen molar-refractivity contribution in [3.63, 3.8) is 0 Å². The third-order valence-corrected chi connectivity index (χ3v) is 2.71. The van der Waals surface area contributed by atoms with E-state index in [2.05, 4.69) is 10.5 Å². The highest BCUT2D eigenvalue weighted by molar-refractivity contribution is 6.76. The highest BCUT2D eigenvalue weighted by Crippen LogP contribution is 2.24. The second kappa shape index (κ2) is 7.77. The summed E-state index contributed by atoms with van der Waals surface area (Å²) in [6.45, 7) is -0.526. The van der Waals surface area contributed by atoms with E-state index in [1.54, 1.807) is 0 Å². The van der Waals surface area contributed by atoms with Crippen LogP contribution in [-0.2, 0) is 9.53 Å². The van der Waals surface area contributed by atoms with Crippen molar-refractivity contribution >= 4 is 40.7 Å². The van der Waals surface area contributed by atoms with Crippen molar-refractivity contribution in [1.29, 1.82) is 0 Å². The van der Waals surface area contributed by atoms with Crippen molar-refractivity contribution in [1.82, 2.24) is 0 Å². The van der Waals surface area contributed by atoms with Crippen LogP contribution in [0.2, 0.25) is 0 Å². The molecule has 0 saturated carbocycles. The summed E-state index contributed by atoms with van der Waals surface area (Å²) in [6, 6.07) is 0. The van der Waals surface area contributed by atoms with Gasteiger partial charge in [-0.05, 0) is 0 Å². The topological polar surface area (TPSA) is 153 Å². The number of hydrogen-bond acceptors (Lipinski definition) is 7. The Hall–Kier alpha value is 0.1000. The highest BCUT2D eigenvalue weighted by Gasteiger charge is 2.42. The standard InChI is InChI=1S/C6H12O6.C2H2Cl3NO/c7-1-2-3(8)4(9)5(10)6(11)12-2;3-2(4,5)1(6)7/h2-11H,1H2;(H2,6,7)/t2-,3-,4+,5+,6?;/m1./s1. The van der Waals surface area contributed by atoms with E-state index in [0.29, 0.717) is 0 Å². The molecule has 7 N–H and O–H groups in total. The fraction of sp³-hybridized carbons (Fsp3) is 0.875. The Balaban J connectivity index is 0.000000399. The van der Waals surface area contributed by atoms with Crippen LogP contribution >= 0.6 is 34.8 Å². The second-order valence-corrected chi connectivity index (χ2v) is 5.86. The summed E-state index contributed by atoms with van der Waals surface area (Å²) >= 11 is 14.8. The van der Waals surface area contributed by atoms with Crippen molar-refractivity contribution in [3.8, 4) is 0 Å². The lowest BCUT2D eigenvalue weighted by Crippen LogP contribution is -2.58. The molecule has 0 aromatic carbocycles. The fourth-order valence-corrected chi connectivity index (χ4v) is 1.08. The molecule has 5 atom stereocenters. The summed E-state index contributed by atoms with van der Waals surface area (Å²) in [5.41, 5.74) is 4.53. The third-order valence-electron chi connectivity index (χ3n) is 2.15. The summed E-state index contributed by atoms with van der Waals surface area (Å²) in [6.07, 6.45) is -7.04. The summed E-state index contributed by atoms with van der Waals surface area (Å²) in [5.74, 6) is -0.961. The Morgan fingerprint density at radius 3 is 1.84 bits per heavy atom. The maximum Gasteiger partial charge on any atom is 0.269 e. The normalized spacial score (nSPS) is 35.3. The second-order valence-electron chi connectivity index (χ2n) is 3.58. The minimum atomic E-state index is -1.94. The molecule has 0 aromatic heterocycles. The zero-order valence-electron chi connectivity index (χ0n) is 9.36. The zero-order chi connectivity index (χ0) is 15.4. The van der Waals surface area contributed by atoms with Crippen LogP contribution in [0.15, 0.2) is 0 Å². The van der Waals surface area contributed by atoms with Crippen LogP contribution < -0.4 is 5.73 Å². The molecule has 1 saturated heterocycles. The molecule has 1 heterocycles. The average Bonchev–Trinajstić information content (AvgIpc) is 2.30. The number of carbonyl (C=O) groups is 1. The van der Waals surface area contributed by atoms with E-state index in [1.165, 1.54) is 0 Å². The molecule has 0 aliphatic carbocycles. The number of nitrogens with two attached hydrogens (primary N) is 1. The van der Waals surface area contributed by atoms with Crippen LogP contribution in [0.5, 0.6) is 0 Å². The predicted molar refractivity (Wildman–Crippen MR) is 65.5 cm³/mol. The minimum absolute atomic E-state index is 0.526. The number of aliphatic hydroxyl groups excluding tert-OH is 5. The first-order valence-corrected chi connectivity index (χ1v) is 6.01. The van der Waals surface area contributed by atoms with Gasteiger partial charge in [-0.15, -0.1) is 0 Å². The number of aliphatic hydroxyl groups is 5. The first-order chi connectivity index (χ1) is 8.52. The van der Waals surface area contributed by atoms with E-state index in [4.69, 9.17) is 60.3 Å². The van der Waals surface area contributed by atoms with Crippen LogP contribution in [0.25, 0.3) is 0 Å². The fourth-order valence-electron chi connectivity index (χ4n) is 1.08. The molecular formula is C8H14Cl3NO7. The number of rotatable bonds is 1.